The van der Waals surface area contributed by atoms with Crippen molar-refractivity contribution in [1.82, 2.24) is 0 Å². The minimum Gasteiger partial charge on any atom is -0.456 e. The number of benzene rings is 9. The first-order valence-corrected chi connectivity index (χ1v) is 20.2. The molecule has 0 aliphatic heterocycles. The lowest BCUT2D eigenvalue weighted by atomic mass is 9.92. The summed E-state index contributed by atoms with van der Waals surface area (Å²) in [5.41, 5.74) is 21.5. The number of rotatable bonds is 8. The molecule has 0 aliphatic rings. The summed E-state index contributed by atoms with van der Waals surface area (Å²) in [6.45, 7) is 0.523. The molecule has 0 fully saturated rings. The number of hydrogen-bond donors (Lipinski definition) is 1. The largest absolute Gasteiger partial charge is 0.456 e. The van der Waals surface area contributed by atoms with E-state index in [2.05, 4.69) is 164 Å². The Hall–Kier alpha value is -7.95. The van der Waals surface area contributed by atoms with Crippen molar-refractivity contribution in [2.75, 3.05) is 0 Å². The predicted octanol–water partition coefficient (Wildman–Crippen LogP) is 14.6. The number of fused-ring (bicyclic) bond motifs is 8. The highest BCUT2D eigenvalue weighted by atomic mass is 16.3. The molecule has 0 saturated heterocycles. The second kappa shape index (κ2) is 14.8. The first kappa shape index (κ1) is 35.2. The lowest BCUT2D eigenvalue weighted by molar-refractivity contribution is 0.668. The predicted molar refractivity (Wildman–Crippen MR) is 250 cm³/mol. The maximum absolute atomic E-state index is 6.93. The third-order valence-corrected chi connectivity index (χ3v) is 11.5. The van der Waals surface area contributed by atoms with Crippen molar-refractivity contribution in [1.29, 1.82) is 0 Å². The van der Waals surface area contributed by atoms with Gasteiger partial charge in [-0.3, -0.25) is 4.99 Å². The van der Waals surface area contributed by atoms with Crippen LogP contribution < -0.4 is 5.73 Å². The zero-order valence-electron chi connectivity index (χ0n) is 32.7. The molecule has 4 nitrogen and oxygen atoms in total. The van der Waals surface area contributed by atoms with Crippen molar-refractivity contribution in [3.05, 3.63) is 223 Å². The van der Waals surface area contributed by atoms with Gasteiger partial charge in [-0.1, -0.05) is 146 Å². The molecule has 0 unspecified atom stereocenters. The number of furan rings is 2. The fourth-order valence-electron chi connectivity index (χ4n) is 8.43. The summed E-state index contributed by atoms with van der Waals surface area (Å²) in [4.78, 5) is 5.14. The van der Waals surface area contributed by atoms with E-state index in [0.29, 0.717) is 12.2 Å². The van der Waals surface area contributed by atoms with Gasteiger partial charge in [-0.2, -0.15) is 0 Å². The maximum atomic E-state index is 6.93. The van der Waals surface area contributed by atoms with Crippen molar-refractivity contribution in [3.63, 3.8) is 0 Å². The average molecular weight is 771 g/mol. The molecule has 0 radical (unpaired) electrons. The number of allylic oxidation sites excluding steroid dienone is 1. The Bertz CT molecular complexity index is 3450. The fourth-order valence-corrected chi connectivity index (χ4v) is 8.43. The van der Waals surface area contributed by atoms with Crippen molar-refractivity contribution in [3.8, 4) is 33.4 Å². The molecule has 2 heterocycles. The quantitative estimate of drug-likeness (QED) is 0.157. The van der Waals surface area contributed by atoms with Crippen molar-refractivity contribution in [2.24, 2.45) is 10.7 Å². The van der Waals surface area contributed by atoms with E-state index in [4.69, 9.17) is 19.6 Å². The Morgan fingerprint density at radius 3 is 1.80 bits per heavy atom. The summed E-state index contributed by atoms with van der Waals surface area (Å²) in [7, 11) is 0. The second-order valence-corrected chi connectivity index (χ2v) is 15.3. The normalized spacial score (nSPS) is 12.3. The molecule has 284 valence electrons. The highest BCUT2D eigenvalue weighted by Gasteiger charge is 2.14. The second-order valence-electron chi connectivity index (χ2n) is 15.3. The van der Waals surface area contributed by atoms with Crippen LogP contribution in [0.3, 0.4) is 0 Å². The molecule has 0 spiro atoms. The van der Waals surface area contributed by atoms with E-state index in [1.807, 2.05) is 42.5 Å². The minimum atomic E-state index is 0.523. The summed E-state index contributed by atoms with van der Waals surface area (Å²) < 4.78 is 12.7. The zero-order valence-corrected chi connectivity index (χ0v) is 32.7. The van der Waals surface area contributed by atoms with Gasteiger partial charge in [0.05, 0.1) is 12.3 Å². The Kier molecular flexibility index (Phi) is 8.67. The number of aliphatic imine (C=N–C) groups is 1. The van der Waals surface area contributed by atoms with Gasteiger partial charge >= 0.3 is 0 Å². The summed E-state index contributed by atoms with van der Waals surface area (Å²) in [5.74, 6) is 0. The number of para-hydroxylation sites is 1. The van der Waals surface area contributed by atoms with Gasteiger partial charge in [-0.05, 0) is 116 Å². The Morgan fingerprint density at radius 2 is 1.00 bits per heavy atom. The highest BCUT2D eigenvalue weighted by molar-refractivity contribution is 6.19. The summed E-state index contributed by atoms with van der Waals surface area (Å²) in [6.07, 6.45) is 1.99. The van der Waals surface area contributed by atoms with Crippen LogP contribution in [0.5, 0.6) is 0 Å². The first-order valence-electron chi connectivity index (χ1n) is 20.2. The Morgan fingerprint density at radius 1 is 0.417 bits per heavy atom. The van der Waals surface area contributed by atoms with Crippen LogP contribution in [0.2, 0.25) is 0 Å². The van der Waals surface area contributed by atoms with Gasteiger partial charge in [0.25, 0.3) is 0 Å². The SMILES string of the molecule is N/C(=C\C(=NCc1ccccc1)c1ccc(-c2cc(-c3ccccc3)cc(-c3ccc4c(c3)oc3ccccc34)c2)cc1)c1ccc2c(c1)oc1ccc3ccccc3c12. The van der Waals surface area contributed by atoms with Crippen molar-refractivity contribution in [2.45, 2.75) is 6.54 Å². The lowest BCUT2D eigenvalue weighted by Crippen LogP contribution is -2.04. The molecule has 0 saturated carbocycles. The number of nitrogens with zero attached hydrogens (tertiary/aromatic N) is 1. The number of hydrogen-bond acceptors (Lipinski definition) is 4. The van der Waals surface area contributed by atoms with E-state index >= 15 is 0 Å². The van der Waals surface area contributed by atoms with E-state index in [0.717, 1.165) is 99.7 Å². The van der Waals surface area contributed by atoms with Crippen LogP contribution in [-0.2, 0) is 6.54 Å². The Balaban J connectivity index is 0.970. The standard InChI is InChI=1S/C56H38N2O2/c57-50(42-24-27-49-55(33-42)60-53-28-25-39-15-7-8-16-46(39)56(49)53)34-51(58-35-36-11-3-1-4-12-36)40-21-19-38(20-22-40)44-29-43(37-13-5-2-6-14-37)30-45(31-44)41-23-26-48-47-17-9-10-18-52(47)59-54(48)32-41/h1-34H,35,57H2/b50-34-,58-51?. The van der Waals surface area contributed by atoms with Crippen LogP contribution in [-0.4, -0.2) is 5.71 Å². The zero-order chi connectivity index (χ0) is 40.0. The monoisotopic (exact) mass is 770 g/mol. The molecule has 4 heteroatoms. The lowest BCUT2D eigenvalue weighted by Gasteiger charge is -2.12. The van der Waals surface area contributed by atoms with Crippen molar-refractivity contribution < 1.29 is 8.83 Å². The molecule has 2 N–H and O–H groups in total. The van der Waals surface area contributed by atoms with Crippen LogP contribution in [0.25, 0.3) is 93.7 Å². The van der Waals surface area contributed by atoms with Gasteiger partial charge < -0.3 is 14.6 Å². The minimum absolute atomic E-state index is 0.523. The number of nitrogens with two attached hydrogens (primary N) is 1. The van der Waals surface area contributed by atoms with Gasteiger partial charge in [0.15, 0.2) is 0 Å². The molecule has 60 heavy (non-hydrogen) atoms. The molecule has 11 aromatic rings. The molecule has 9 aromatic carbocycles. The van der Waals surface area contributed by atoms with E-state index in [1.165, 1.54) is 10.8 Å². The van der Waals surface area contributed by atoms with Crippen LogP contribution >= 0.6 is 0 Å². The summed E-state index contributed by atoms with van der Waals surface area (Å²) >= 11 is 0. The van der Waals surface area contributed by atoms with Gasteiger partial charge in [0.1, 0.15) is 22.3 Å². The molecule has 11 rings (SSSR count). The van der Waals surface area contributed by atoms with Gasteiger partial charge in [0.2, 0.25) is 0 Å². The van der Waals surface area contributed by atoms with Crippen LogP contribution in [0.15, 0.2) is 220 Å². The molecular formula is C56H38N2O2. The van der Waals surface area contributed by atoms with Crippen LogP contribution in [0.4, 0.5) is 0 Å². The molecule has 0 atom stereocenters. The molecule has 2 aromatic heterocycles. The summed E-state index contributed by atoms with van der Waals surface area (Å²) in [6, 6.07) is 69.9. The van der Waals surface area contributed by atoms with E-state index in [1.54, 1.807) is 0 Å². The average Bonchev–Trinajstić information content (AvgIpc) is 3.89. The van der Waals surface area contributed by atoms with Crippen LogP contribution in [0.1, 0.15) is 16.7 Å². The van der Waals surface area contributed by atoms with Crippen molar-refractivity contribution >= 4 is 66.1 Å². The maximum Gasteiger partial charge on any atom is 0.136 e. The highest BCUT2D eigenvalue weighted by Crippen LogP contribution is 2.38. The smallest absolute Gasteiger partial charge is 0.136 e. The first-order chi connectivity index (χ1) is 29.6. The third-order valence-electron chi connectivity index (χ3n) is 11.5. The Labute approximate surface area is 347 Å². The van der Waals surface area contributed by atoms with Gasteiger partial charge in [0, 0.05) is 32.8 Å². The van der Waals surface area contributed by atoms with E-state index < -0.39 is 0 Å². The van der Waals surface area contributed by atoms with E-state index in [-0.39, 0.29) is 0 Å². The molecule has 0 amide bonds. The fraction of sp³-hybridized carbons (Fsp3) is 0.0179. The summed E-state index contributed by atoms with van der Waals surface area (Å²) in [5, 5.41) is 6.80. The topological polar surface area (TPSA) is 64.7 Å². The third kappa shape index (κ3) is 6.51. The van der Waals surface area contributed by atoms with E-state index in [9.17, 15) is 0 Å². The van der Waals surface area contributed by atoms with Crippen LogP contribution in [0, 0.1) is 0 Å². The van der Waals surface area contributed by atoms with Gasteiger partial charge in [-0.15, -0.1) is 0 Å². The molecule has 0 bridgehead atoms. The van der Waals surface area contributed by atoms with Gasteiger partial charge in [-0.25, -0.2) is 0 Å². The molecular weight excluding hydrogens is 733 g/mol. The molecule has 0 aliphatic carbocycles.